The van der Waals surface area contributed by atoms with E-state index in [0.717, 1.165) is 12.8 Å². The van der Waals surface area contributed by atoms with Crippen molar-refractivity contribution in [3.8, 4) is 17.6 Å². The third-order valence-corrected chi connectivity index (χ3v) is 5.53. The number of benzene rings is 1. The highest BCUT2D eigenvalue weighted by Crippen LogP contribution is 2.36. The Kier molecular flexibility index (Phi) is 6.94. The van der Waals surface area contributed by atoms with E-state index in [1.165, 1.54) is 0 Å². The van der Waals surface area contributed by atoms with Gasteiger partial charge in [-0.15, -0.1) is 0 Å². The molecule has 1 aromatic rings. The lowest BCUT2D eigenvalue weighted by Gasteiger charge is -2.35. The highest BCUT2D eigenvalue weighted by Gasteiger charge is 2.40. The standard InChI is InChI=1S/C21H27N3O5/c1-27-17-4-5-19(28-2)18(13-17)24-14-15(12-20(24)25)21(26)23(9-3-8-22)16-6-10-29-11-7-16/h4-5,13,15-16H,3,6-7,9-12,14H2,1-2H3. The van der Waals surface area contributed by atoms with E-state index >= 15 is 0 Å². The van der Waals surface area contributed by atoms with Gasteiger partial charge < -0.3 is 24.0 Å². The van der Waals surface area contributed by atoms with Crippen molar-refractivity contribution in [2.45, 2.75) is 31.7 Å². The molecule has 2 aliphatic heterocycles. The van der Waals surface area contributed by atoms with Crippen LogP contribution >= 0.6 is 0 Å². The summed E-state index contributed by atoms with van der Waals surface area (Å²) in [6, 6.07) is 7.43. The van der Waals surface area contributed by atoms with E-state index in [4.69, 9.17) is 19.5 Å². The molecule has 8 nitrogen and oxygen atoms in total. The summed E-state index contributed by atoms with van der Waals surface area (Å²) in [5, 5.41) is 9.00. The van der Waals surface area contributed by atoms with Crippen molar-refractivity contribution in [2.24, 2.45) is 5.92 Å². The van der Waals surface area contributed by atoms with Crippen LogP contribution in [0.2, 0.25) is 0 Å². The molecule has 0 aromatic heterocycles. The van der Waals surface area contributed by atoms with Gasteiger partial charge >= 0.3 is 0 Å². The predicted octanol–water partition coefficient (Wildman–Crippen LogP) is 1.98. The van der Waals surface area contributed by atoms with E-state index in [1.807, 2.05) is 0 Å². The molecule has 0 spiro atoms. The minimum atomic E-state index is -0.444. The summed E-state index contributed by atoms with van der Waals surface area (Å²) >= 11 is 0. The SMILES string of the molecule is COc1ccc(OC)c(N2CC(C(=O)N(CCC#N)C3CCOCC3)CC2=O)c1. The fraction of sp³-hybridized carbons (Fsp3) is 0.571. The quantitative estimate of drug-likeness (QED) is 0.694. The first-order chi connectivity index (χ1) is 14.1. The number of ether oxygens (including phenoxy) is 3. The number of carbonyl (C=O) groups excluding carboxylic acids is 2. The van der Waals surface area contributed by atoms with Gasteiger partial charge in [-0.2, -0.15) is 5.26 Å². The Labute approximate surface area is 170 Å². The van der Waals surface area contributed by atoms with E-state index in [0.29, 0.717) is 36.9 Å². The number of anilines is 1. The first-order valence-corrected chi connectivity index (χ1v) is 9.86. The van der Waals surface area contributed by atoms with Crippen LogP contribution in [0, 0.1) is 17.2 Å². The van der Waals surface area contributed by atoms with Crippen molar-refractivity contribution < 1.29 is 23.8 Å². The molecule has 3 rings (SSSR count). The zero-order valence-electron chi connectivity index (χ0n) is 16.9. The molecule has 1 aromatic carbocycles. The topological polar surface area (TPSA) is 92.1 Å². The van der Waals surface area contributed by atoms with Crippen molar-refractivity contribution in [2.75, 3.05) is 45.4 Å². The van der Waals surface area contributed by atoms with Gasteiger partial charge in [-0.05, 0) is 25.0 Å². The Bertz CT molecular complexity index is 785. The van der Waals surface area contributed by atoms with Crippen molar-refractivity contribution >= 4 is 17.5 Å². The Morgan fingerprint density at radius 3 is 2.72 bits per heavy atom. The summed E-state index contributed by atoms with van der Waals surface area (Å²) in [4.78, 5) is 29.4. The maximum atomic E-state index is 13.3. The number of methoxy groups -OCH3 is 2. The zero-order chi connectivity index (χ0) is 20.8. The zero-order valence-corrected chi connectivity index (χ0v) is 16.9. The lowest BCUT2D eigenvalue weighted by molar-refractivity contribution is -0.139. The van der Waals surface area contributed by atoms with Gasteiger partial charge in [0.15, 0.2) is 0 Å². The molecule has 2 aliphatic rings. The molecule has 0 bridgehead atoms. The lowest BCUT2D eigenvalue weighted by atomic mass is 10.0. The maximum absolute atomic E-state index is 13.3. The van der Waals surface area contributed by atoms with Crippen LogP contribution in [0.5, 0.6) is 11.5 Å². The maximum Gasteiger partial charge on any atom is 0.228 e. The molecule has 0 radical (unpaired) electrons. The monoisotopic (exact) mass is 401 g/mol. The summed E-state index contributed by atoms with van der Waals surface area (Å²) in [5.41, 5.74) is 0.599. The van der Waals surface area contributed by atoms with Crippen molar-refractivity contribution in [3.05, 3.63) is 18.2 Å². The van der Waals surface area contributed by atoms with Crippen molar-refractivity contribution in [3.63, 3.8) is 0 Å². The number of nitrogens with zero attached hydrogens (tertiary/aromatic N) is 3. The fourth-order valence-electron chi connectivity index (χ4n) is 3.99. The minimum absolute atomic E-state index is 0.0557. The van der Waals surface area contributed by atoms with E-state index in [9.17, 15) is 9.59 Å². The van der Waals surface area contributed by atoms with Gasteiger partial charge in [0.1, 0.15) is 11.5 Å². The van der Waals surface area contributed by atoms with Crippen LogP contribution in [0.1, 0.15) is 25.7 Å². The van der Waals surface area contributed by atoms with Crippen LogP contribution in [0.3, 0.4) is 0 Å². The molecule has 2 amide bonds. The van der Waals surface area contributed by atoms with E-state index < -0.39 is 5.92 Å². The highest BCUT2D eigenvalue weighted by atomic mass is 16.5. The molecule has 0 saturated carbocycles. The Morgan fingerprint density at radius 1 is 1.31 bits per heavy atom. The second kappa shape index (κ2) is 9.61. The summed E-state index contributed by atoms with van der Waals surface area (Å²) < 4.78 is 16.1. The second-order valence-corrected chi connectivity index (χ2v) is 7.23. The third-order valence-electron chi connectivity index (χ3n) is 5.53. The van der Waals surface area contributed by atoms with E-state index in [-0.39, 0.29) is 37.2 Å². The summed E-state index contributed by atoms with van der Waals surface area (Å²) in [7, 11) is 3.11. The average molecular weight is 401 g/mol. The molecule has 1 unspecified atom stereocenters. The van der Waals surface area contributed by atoms with E-state index in [1.54, 1.807) is 42.2 Å². The van der Waals surface area contributed by atoms with Gasteiger partial charge in [0, 0.05) is 44.8 Å². The third kappa shape index (κ3) is 4.62. The smallest absolute Gasteiger partial charge is 0.228 e. The van der Waals surface area contributed by atoms with Gasteiger partial charge in [-0.1, -0.05) is 0 Å². The molecule has 8 heteroatoms. The Morgan fingerprint density at radius 2 is 2.07 bits per heavy atom. The van der Waals surface area contributed by atoms with Gasteiger partial charge in [-0.25, -0.2) is 0 Å². The first kappa shape index (κ1) is 20.9. The second-order valence-electron chi connectivity index (χ2n) is 7.23. The normalized spacial score (nSPS) is 19.7. The van der Waals surface area contributed by atoms with Crippen LogP contribution in [0.4, 0.5) is 5.69 Å². The lowest BCUT2D eigenvalue weighted by Crippen LogP contribution is -2.47. The Balaban J connectivity index is 1.79. The molecule has 0 aliphatic carbocycles. The minimum Gasteiger partial charge on any atom is -0.497 e. The predicted molar refractivity (Wildman–Crippen MR) is 106 cm³/mol. The van der Waals surface area contributed by atoms with Gasteiger partial charge in [0.2, 0.25) is 11.8 Å². The molecule has 156 valence electrons. The first-order valence-electron chi connectivity index (χ1n) is 9.86. The highest BCUT2D eigenvalue weighted by molar-refractivity contribution is 6.01. The largest absolute Gasteiger partial charge is 0.497 e. The van der Waals surface area contributed by atoms with Crippen LogP contribution in [-0.4, -0.2) is 63.3 Å². The number of nitriles is 1. The molecule has 2 heterocycles. The van der Waals surface area contributed by atoms with Crippen LogP contribution in [0.25, 0.3) is 0 Å². The summed E-state index contributed by atoms with van der Waals surface area (Å²) in [6.45, 7) is 1.89. The van der Waals surface area contributed by atoms with Gasteiger partial charge in [0.25, 0.3) is 0 Å². The molecule has 29 heavy (non-hydrogen) atoms. The summed E-state index contributed by atoms with van der Waals surface area (Å²) in [6.07, 6.45) is 1.93. The molecule has 0 N–H and O–H groups in total. The molecular formula is C21H27N3O5. The number of carbonyl (C=O) groups is 2. The number of rotatable bonds is 7. The number of hydrogen-bond donors (Lipinski definition) is 0. The van der Waals surface area contributed by atoms with Crippen molar-refractivity contribution in [1.82, 2.24) is 4.90 Å². The number of amides is 2. The van der Waals surface area contributed by atoms with E-state index in [2.05, 4.69) is 6.07 Å². The van der Waals surface area contributed by atoms with Crippen LogP contribution in [-0.2, 0) is 14.3 Å². The van der Waals surface area contributed by atoms with Crippen LogP contribution in [0.15, 0.2) is 18.2 Å². The van der Waals surface area contributed by atoms with Gasteiger partial charge in [-0.3, -0.25) is 9.59 Å². The van der Waals surface area contributed by atoms with Crippen molar-refractivity contribution in [1.29, 1.82) is 5.26 Å². The van der Waals surface area contributed by atoms with Crippen LogP contribution < -0.4 is 14.4 Å². The fourth-order valence-corrected chi connectivity index (χ4v) is 3.99. The molecular weight excluding hydrogens is 374 g/mol. The summed E-state index contributed by atoms with van der Waals surface area (Å²) in [5.74, 6) is 0.533. The Hall–Kier alpha value is -2.79. The molecule has 1 atom stereocenters. The average Bonchev–Trinajstić information content (AvgIpc) is 3.15. The van der Waals surface area contributed by atoms with Gasteiger partial charge in [0.05, 0.1) is 38.3 Å². The number of hydrogen-bond acceptors (Lipinski definition) is 6. The molecule has 2 fully saturated rings. The molecule has 2 saturated heterocycles.